The van der Waals surface area contributed by atoms with Gasteiger partial charge in [0.25, 0.3) is 5.91 Å². The maximum absolute atomic E-state index is 12.0. The van der Waals surface area contributed by atoms with Crippen LogP contribution < -0.4 is 5.32 Å². The summed E-state index contributed by atoms with van der Waals surface area (Å²) in [6.45, 7) is -0.144. The van der Waals surface area contributed by atoms with Gasteiger partial charge in [0.2, 0.25) is 0 Å². The first-order valence-electron chi connectivity index (χ1n) is 5.80. The molecule has 2 N–H and O–H groups in total. The summed E-state index contributed by atoms with van der Waals surface area (Å²) in [4.78, 5) is 26.1. The van der Waals surface area contributed by atoms with Crippen LogP contribution in [0.5, 0.6) is 0 Å². The molecule has 0 aliphatic rings. The number of H-pyrrole nitrogens is 1. The highest BCUT2D eigenvalue weighted by Crippen LogP contribution is 2.21. The molecule has 0 bridgehead atoms. The number of hydrogen-bond donors (Lipinski definition) is 2. The third kappa shape index (κ3) is 3.01. The summed E-state index contributed by atoms with van der Waals surface area (Å²) in [6.07, 6.45) is 1.79. The van der Waals surface area contributed by atoms with E-state index in [4.69, 9.17) is 0 Å². The Morgan fingerprint density at radius 3 is 2.68 bits per heavy atom. The molecule has 2 rings (SSSR count). The molecular formula is C14H14N2O3. The Labute approximate surface area is 110 Å². The third-order valence-corrected chi connectivity index (χ3v) is 2.68. The van der Waals surface area contributed by atoms with Crippen LogP contribution in [0.4, 0.5) is 0 Å². The quantitative estimate of drug-likeness (QED) is 0.818. The molecule has 0 aliphatic heterocycles. The van der Waals surface area contributed by atoms with Gasteiger partial charge in [0, 0.05) is 23.0 Å². The van der Waals surface area contributed by atoms with E-state index in [2.05, 4.69) is 15.0 Å². The Balaban J connectivity index is 2.20. The minimum atomic E-state index is -0.481. The van der Waals surface area contributed by atoms with Crippen molar-refractivity contribution in [3.63, 3.8) is 0 Å². The van der Waals surface area contributed by atoms with Gasteiger partial charge in [-0.15, -0.1) is 0 Å². The molecule has 2 aromatic rings. The Bertz CT molecular complexity index is 576. The number of hydrogen-bond acceptors (Lipinski definition) is 3. The van der Waals surface area contributed by atoms with E-state index in [1.807, 2.05) is 24.3 Å². The van der Waals surface area contributed by atoms with Crippen molar-refractivity contribution in [3.8, 4) is 11.3 Å². The van der Waals surface area contributed by atoms with Crippen LogP contribution >= 0.6 is 0 Å². The van der Waals surface area contributed by atoms with Crippen LogP contribution in [0.3, 0.4) is 0 Å². The van der Waals surface area contributed by atoms with Gasteiger partial charge >= 0.3 is 5.97 Å². The number of rotatable bonds is 4. The topological polar surface area (TPSA) is 71.2 Å². The second-order valence-corrected chi connectivity index (χ2v) is 3.89. The first-order chi connectivity index (χ1) is 9.22. The second kappa shape index (κ2) is 5.86. The van der Waals surface area contributed by atoms with Gasteiger partial charge in [0.1, 0.15) is 6.54 Å². The first kappa shape index (κ1) is 12.9. The Morgan fingerprint density at radius 2 is 2.00 bits per heavy atom. The minimum absolute atomic E-state index is 0.144. The van der Waals surface area contributed by atoms with Gasteiger partial charge in [0.05, 0.1) is 7.11 Å². The van der Waals surface area contributed by atoms with Crippen LogP contribution in [0.15, 0.2) is 42.6 Å². The number of aromatic amines is 1. The van der Waals surface area contributed by atoms with Crippen molar-refractivity contribution in [2.45, 2.75) is 0 Å². The number of aromatic nitrogens is 1. The lowest BCUT2D eigenvalue weighted by Crippen LogP contribution is -2.30. The molecule has 0 saturated heterocycles. The van der Waals surface area contributed by atoms with Gasteiger partial charge in [-0.05, 0) is 18.2 Å². The lowest BCUT2D eigenvalue weighted by atomic mass is 10.0. The molecule has 0 saturated carbocycles. The number of amides is 1. The van der Waals surface area contributed by atoms with Crippen LogP contribution in [-0.4, -0.2) is 30.5 Å². The normalized spacial score (nSPS) is 9.95. The highest BCUT2D eigenvalue weighted by molar-refractivity contribution is 6.01. The standard InChI is InChI=1S/C14H14N2O3/c1-19-13(17)9-16-14(18)11-6-3-2-5-10(11)12-7-4-8-15-12/h2-8,15H,9H2,1H3,(H,16,18). The Kier molecular flexibility index (Phi) is 3.97. The van der Waals surface area contributed by atoms with Gasteiger partial charge in [-0.3, -0.25) is 9.59 Å². The predicted molar refractivity (Wildman–Crippen MR) is 70.6 cm³/mol. The second-order valence-electron chi connectivity index (χ2n) is 3.89. The molecule has 1 amide bonds. The van der Waals surface area contributed by atoms with Crippen molar-refractivity contribution in [1.82, 2.24) is 10.3 Å². The van der Waals surface area contributed by atoms with Crippen molar-refractivity contribution >= 4 is 11.9 Å². The van der Waals surface area contributed by atoms with Gasteiger partial charge in [-0.25, -0.2) is 0 Å². The van der Waals surface area contributed by atoms with Crippen molar-refractivity contribution in [1.29, 1.82) is 0 Å². The zero-order valence-electron chi connectivity index (χ0n) is 10.5. The first-order valence-corrected chi connectivity index (χ1v) is 5.80. The molecular weight excluding hydrogens is 244 g/mol. The fraction of sp³-hybridized carbons (Fsp3) is 0.143. The number of benzene rings is 1. The largest absolute Gasteiger partial charge is 0.468 e. The highest BCUT2D eigenvalue weighted by Gasteiger charge is 2.13. The van der Waals surface area contributed by atoms with E-state index in [1.54, 1.807) is 18.3 Å². The van der Waals surface area contributed by atoms with Crippen LogP contribution in [0.25, 0.3) is 11.3 Å². The summed E-state index contributed by atoms with van der Waals surface area (Å²) in [6, 6.07) is 10.9. The monoisotopic (exact) mass is 258 g/mol. The van der Waals surface area contributed by atoms with Crippen LogP contribution in [0, 0.1) is 0 Å². The average Bonchev–Trinajstić information content (AvgIpc) is 2.98. The molecule has 0 fully saturated rings. The zero-order chi connectivity index (χ0) is 13.7. The Morgan fingerprint density at radius 1 is 1.21 bits per heavy atom. The molecule has 0 radical (unpaired) electrons. The summed E-state index contributed by atoms with van der Waals surface area (Å²) < 4.78 is 4.48. The van der Waals surface area contributed by atoms with E-state index in [0.29, 0.717) is 5.56 Å². The maximum atomic E-state index is 12.0. The fourth-order valence-corrected chi connectivity index (χ4v) is 1.73. The van der Waals surface area contributed by atoms with Crippen molar-refractivity contribution in [3.05, 3.63) is 48.2 Å². The molecule has 98 valence electrons. The summed E-state index contributed by atoms with van der Waals surface area (Å²) in [7, 11) is 1.28. The molecule has 0 aliphatic carbocycles. The maximum Gasteiger partial charge on any atom is 0.325 e. The van der Waals surface area contributed by atoms with E-state index in [9.17, 15) is 9.59 Å². The average molecular weight is 258 g/mol. The van der Waals surface area contributed by atoms with E-state index >= 15 is 0 Å². The number of esters is 1. The van der Waals surface area contributed by atoms with E-state index in [0.717, 1.165) is 11.3 Å². The van der Waals surface area contributed by atoms with Gasteiger partial charge < -0.3 is 15.0 Å². The third-order valence-electron chi connectivity index (χ3n) is 2.68. The molecule has 0 atom stereocenters. The van der Waals surface area contributed by atoms with Crippen molar-refractivity contribution < 1.29 is 14.3 Å². The highest BCUT2D eigenvalue weighted by atomic mass is 16.5. The van der Waals surface area contributed by atoms with E-state index in [1.165, 1.54) is 7.11 Å². The number of carbonyl (C=O) groups is 2. The van der Waals surface area contributed by atoms with Gasteiger partial charge in [-0.1, -0.05) is 18.2 Å². The van der Waals surface area contributed by atoms with Crippen molar-refractivity contribution in [2.24, 2.45) is 0 Å². The minimum Gasteiger partial charge on any atom is -0.468 e. The smallest absolute Gasteiger partial charge is 0.325 e. The number of carbonyl (C=O) groups excluding carboxylic acids is 2. The number of nitrogens with one attached hydrogen (secondary N) is 2. The van der Waals surface area contributed by atoms with Crippen molar-refractivity contribution in [2.75, 3.05) is 13.7 Å². The van der Waals surface area contributed by atoms with Crippen LogP contribution in [-0.2, 0) is 9.53 Å². The summed E-state index contributed by atoms with van der Waals surface area (Å²) in [5.41, 5.74) is 2.15. The van der Waals surface area contributed by atoms with E-state index < -0.39 is 5.97 Å². The molecule has 0 spiro atoms. The lowest BCUT2D eigenvalue weighted by molar-refractivity contribution is -0.139. The lowest BCUT2D eigenvalue weighted by Gasteiger charge is -2.08. The molecule has 0 unspecified atom stereocenters. The molecule has 19 heavy (non-hydrogen) atoms. The molecule has 1 aromatic heterocycles. The van der Waals surface area contributed by atoms with E-state index in [-0.39, 0.29) is 12.5 Å². The molecule has 1 heterocycles. The molecule has 5 nitrogen and oxygen atoms in total. The Hall–Kier alpha value is -2.56. The molecule has 5 heteroatoms. The summed E-state index contributed by atoms with van der Waals surface area (Å²) in [5.74, 6) is -0.790. The summed E-state index contributed by atoms with van der Waals surface area (Å²) in [5, 5.41) is 2.52. The fourth-order valence-electron chi connectivity index (χ4n) is 1.73. The predicted octanol–water partition coefficient (Wildman–Crippen LogP) is 1.58. The number of ether oxygens (including phenoxy) is 1. The van der Waals surface area contributed by atoms with Crippen LogP contribution in [0.2, 0.25) is 0 Å². The van der Waals surface area contributed by atoms with Crippen LogP contribution in [0.1, 0.15) is 10.4 Å². The van der Waals surface area contributed by atoms with Gasteiger partial charge in [0.15, 0.2) is 0 Å². The molecule has 1 aromatic carbocycles. The SMILES string of the molecule is COC(=O)CNC(=O)c1ccccc1-c1ccc[nH]1. The summed E-state index contributed by atoms with van der Waals surface area (Å²) >= 11 is 0. The zero-order valence-corrected chi connectivity index (χ0v) is 10.5. The number of methoxy groups -OCH3 is 1. The van der Waals surface area contributed by atoms with Gasteiger partial charge in [-0.2, -0.15) is 0 Å².